The normalized spacial score (nSPS) is 35.7. The molecule has 0 saturated heterocycles. The van der Waals surface area contributed by atoms with E-state index in [1.807, 2.05) is 26.8 Å². The third-order valence-electron chi connectivity index (χ3n) is 11.6. The van der Waals surface area contributed by atoms with E-state index >= 15 is 0 Å². The summed E-state index contributed by atoms with van der Waals surface area (Å²) in [6, 6.07) is 0. The van der Waals surface area contributed by atoms with Crippen LogP contribution in [0.3, 0.4) is 0 Å². The Labute approximate surface area is 259 Å². The number of hydrogen-bond donors (Lipinski definition) is 3. The van der Waals surface area contributed by atoms with Gasteiger partial charge in [-0.1, -0.05) is 117 Å². The van der Waals surface area contributed by atoms with E-state index in [9.17, 15) is 24.9 Å². The molecule has 7 nitrogen and oxygen atoms in total. The smallest absolute Gasteiger partial charge is 0.434 e. The van der Waals surface area contributed by atoms with Crippen molar-refractivity contribution in [2.75, 3.05) is 13.2 Å². The molecule has 4 aliphatic rings. The molecular weight excluding hydrogens is 544 g/mol. The van der Waals surface area contributed by atoms with E-state index < -0.39 is 46.0 Å². The molecule has 4 aliphatic carbocycles. The second-order valence-electron chi connectivity index (χ2n) is 14.8. The quantitative estimate of drug-likeness (QED) is 0.0972. The average Bonchev–Trinajstić information content (AvgIpc) is 3.36. The van der Waals surface area contributed by atoms with Gasteiger partial charge in [0.25, 0.3) is 0 Å². The molecule has 0 bridgehead atoms. The van der Waals surface area contributed by atoms with Crippen LogP contribution < -0.4 is 0 Å². The third kappa shape index (κ3) is 6.37. The van der Waals surface area contributed by atoms with Crippen LogP contribution in [0.1, 0.15) is 131 Å². The Morgan fingerprint density at radius 1 is 0.930 bits per heavy atom. The lowest BCUT2D eigenvalue weighted by Crippen LogP contribution is -2.61. The monoisotopic (exact) mass is 602 g/mol. The number of Topliss-reactive ketones (excluding diaryl/α,β-unsaturated/α-hetero) is 1. The summed E-state index contributed by atoms with van der Waals surface area (Å²) in [4.78, 5) is 26.0. The van der Waals surface area contributed by atoms with Gasteiger partial charge in [-0.05, 0) is 36.8 Å². The number of ether oxygens (including phenoxy) is 2. The molecule has 4 rings (SSSR count). The minimum absolute atomic E-state index is 0.0193. The average molecular weight is 603 g/mol. The molecule has 0 aromatic carbocycles. The van der Waals surface area contributed by atoms with Crippen LogP contribution in [-0.2, 0) is 14.3 Å². The summed E-state index contributed by atoms with van der Waals surface area (Å²) in [6.07, 6.45) is 19.6. The van der Waals surface area contributed by atoms with Gasteiger partial charge < -0.3 is 24.8 Å². The molecule has 3 N–H and O–H groups in total. The van der Waals surface area contributed by atoms with Crippen molar-refractivity contribution in [1.29, 1.82) is 0 Å². The van der Waals surface area contributed by atoms with E-state index in [1.165, 1.54) is 64.2 Å². The standard InChI is InChI=1S/C36H58O7/c1-6-7-8-9-10-11-12-13-14-15-16-17-18-19-42-32(39)43-35-22-26(3)36(41)28(30(35)33(35,4)5)21-27(24-37)23-34(40)29(36)20-25(2)31(34)38/h20-21,26,28-30,37,40-41H,6-19,22-24H2,1-5H3/t26-,28+,29-,30-,34+,35+,36+/m1/s1. The van der Waals surface area contributed by atoms with E-state index in [1.54, 1.807) is 13.0 Å². The molecule has 0 spiro atoms. The van der Waals surface area contributed by atoms with E-state index in [-0.39, 0.29) is 24.9 Å². The summed E-state index contributed by atoms with van der Waals surface area (Å²) in [7, 11) is 0. The molecule has 2 saturated carbocycles. The number of carbonyl (C=O) groups excluding carboxylic acids is 2. The molecule has 7 heteroatoms. The first-order chi connectivity index (χ1) is 20.4. The first-order valence-electron chi connectivity index (χ1n) is 17.2. The summed E-state index contributed by atoms with van der Waals surface area (Å²) in [5, 5.41) is 34.2. The van der Waals surface area contributed by atoms with Gasteiger partial charge in [-0.3, -0.25) is 4.79 Å². The Morgan fingerprint density at radius 3 is 2.05 bits per heavy atom. The van der Waals surface area contributed by atoms with Crippen molar-refractivity contribution in [3.8, 4) is 0 Å². The number of ketones is 1. The highest BCUT2D eigenvalue weighted by molar-refractivity contribution is 6.04. The van der Waals surface area contributed by atoms with Crippen LogP contribution in [0.25, 0.3) is 0 Å². The predicted molar refractivity (Wildman–Crippen MR) is 167 cm³/mol. The molecule has 0 aliphatic heterocycles. The van der Waals surface area contributed by atoms with Gasteiger partial charge in [0.1, 0.15) is 11.2 Å². The fourth-order valence-corrected chi connectivity index (χ4v) is 9.05. The molecule has 7 atom stereocenters. The van der Waals surface area contributed by atoms with Gasteiger partial charge in [0.15, 0.2) is 5.78 Å². The van der Waals surface area contributed by atoms with E-state index in [0.717, 1.165) is 19.3 Å². The van der Waals surface area contributed by atoms with Crippen molar-refractivity contribution in [3.05, 3.63) is 23.3 Å². The Bertz CT molecular complexity index is 1060. The second kappa shape index (κ2) is 13.7. The molecule has 0 heterocycles. The van der Waals surface area contributed by atoms with Gasteiger partial charge in [-0.15, -0.1) is 0 Å². The molecular formula is C36H58O7. The molecule has 0 aromatic heterocycles. The Hall–Kier alpha value is -1.70. The topological polar surface area (TPSA) is 113 Å². The maximum absolute atomic E-state index is 13.1. The predicted octanol–water partition coefficient (Wildman–Crippen LogP) is 7.21. The summed E-state index contributed by atoms with van der Waals surface area (Å²) < 4.78 is 11.7. The van der Waals surface area contributed by atoms with Crippen LogP contribution in [0.2, 0.25) is 0 Å². The van der Waals surface area contributed by atoms with Crippen molar-refractivity contribution in [1.82, 2.24) is 0 Å². The number of hydrogen-bond acceptors (Lipinski definition) is 7. The second-order valence-corrected chi connectivity index (χ2v) is 14.8. The van der Waals surface area contributed by atoms with Crippen molar-refractivity contribution >= 4 is 11.9 Å². The minimum Gasteiger partial charge on any atom is -0.434 e. The van der Waals surface area contributed by atoms with Gasteiger partial charge in [-0.25, -0.2) is 4.79 Å². The highest BCUT2D eigenvalue weighted by Crippen LogP contribution is 2.76. The number of carbonyl (C=O) groups is 2. The van der Waals surface area contributed by atoms with Gasteiger partial charge in [0.05, 0.1) is 18.8 Å². The van der Waals surface area contributed by atoms with Gasteiger partial charge >= 0.3 is 6.16 Å². The zero-order valence-corrected chi connectivity index (χ0v) is 27.5. The first kappa shape index (κ1) is 34.2. The fourth-order valence-electron chi connectivity index (χ4n) is 9.05. The lowest BCUT2D eigenvalue weighted by Gasteiger charge is -2.50. The molecule has 0 unspecified atom stereocenters. The number of unbranched alkanes of at least 4 members (excludes halogenated alkanes) is 12. The fraction of sp³-hybridized carbons (Fsp3) is 0.833. The maximum Gasteiger partial charge on any atom is 0.508 e. The summed E-state index contributed by atoms with van der Waals surface area (Å²) in [6.45, 7) is 9.93. The van der Waals surface area contributed by atoms with Gasteiger partial charge in [-0.2, -0.15) is 0 Å². The van der Waals surface area contributed by atoms with Crippen LogP contribution in [0.5, 0.6) is 0 Å². The highest BCUT2D eigenvalue weighted by atomic mass is 16.7. The molecule has 0 amide bonds. The number of aliphatic hydroxyl groups excluding tert-OH is 1. The number of fused-ring (bicyclic) bond motifs is 5. The summed E-state index contributed by atoms with van der Waals surface area (Å²) >= 11 is 0. The van der Waals surface area contributed by atoms with E-state index in [4.69, 9.17) is 9.47 Å². The number of rotatable bonds is 16. The Kier molecular flexibility index (Phi) is 10.9. The van der Waals surface area contributed by atoms with Crippen molar-refractivity contribution < 1.29 is 34.4 Å². The van der Waals surface area contributed by atoms with E-state index in [0.29, 0.717) is 24.2 Å². The molecule has 0 radical (unpaired) electrons. The number of aliphatic hydroxyl groups is 3. The van der Waals surface area contributed by atoms with Crippen LogP contribution in [0.4, 0.5) is 4.79 Å². The zero-order chi connectivity index (χ0) is 31.5. The molecule has 244 valence electrons. The SMILES string of the molecule is CCCCCCCCCCCCCCCOC(=O)O[C@@]12C[C@@H](C)[C@]3(O)[C@@H](C=C(CO)C[C@@]4(O)C(=O)C(C)=C[C@@H]34)[C@@H]1C2(C)C. The molecule has 43 heavy (non-hydrogen) atoms. The Morgan fingerprint density at radius 2 is 1.49 bits per heavy atom. The van der Waals surface area contributed by atoms with Crippen molar-refractivity contribution in [3.63, 3.8) is 0 Å². The first-order valence-corrected chi connectivity index (χ1v) is 17.2. The lowest BCUT2D eigenvalue weighted by atomic mass is 9.60. The maximum atomic E-state index is 13.1. The minimum atomic E-state index is -1.79. The van der Waals surface area contributed by atoms with Crippen LogP contribution >= 0.6 is 0 Å². The van der Waals surface area contributed by atoms with Gasteiger partial charge in [0.2, 0.25) is 0 Å². The van der Waals surface area contributed by atoms with E-state index in [2.05, 4.69) is 6.92 Å². The zero-order valence-electron chi connectivity index (χ0n) is 27.5. The largest absolute Gasteiger partial charge is 0.508 e. The van der Waals surface area contributed by atoms with Crippen LogP contribution in [0, 0.1) is 29.1 Å². The van der Waals surface area contributed by atoms with Crippen molar-refractivity contribution in [2.45, 2.75) is 148 Å². The third-order valence-corrected chi connectivity index (χ3v) is 11.6. The van der Waals surface area contributed by atoms with Crippen molar-refractivity contribution in [2.24, 2.45) is 29.1 Å². The molecule has 0 aromatic rings. The molecule has 2 fully saturated rings. The lowest BCUT2D eigenvalue weighted by molar-refractivity contribution is -0.178. The van der Waals surface area contributed by atoms with Crippen LogP contribution in [0.15, 0.2) is 23.3 Å². The van der Waals surface area contributed by atoms with Crippen LogP contribution in [-0.4, -0.2) is 57.3 Å². The Balaban J connectivity index is 1.26. The van der Waals surface area contributed by atoms with Gasteiger partial charge in [0, 0.05) is 29.6 Å². The summed E-state index contributed by atoms with van der Waals surface area (Å²) in [5.74, 6) is -2.32. The highest BCUT2D eigenvalue weighted by Gasteiger charge is 2.83. The summed E-state index contributed by atoms with van der Waals surface area (Å²) in [5.41, 5.74) is -3.53.